The van der Waals surface area contributed by atoms with E-state index in [0.29, 0.717) is 31.9 Å². The number of rotatable bonds is 5. The van der Waals surface area contributed by atoms with Crippen molar-refractivity contribution in [1.29, 1.82) is 5.26 Å². The monoisotopic (exact) mass is 394 g/mol. The number of nitrogens with zero attached hydrogens (tertiary/aromatic N) is 3. The Morgan fingerprint density at radius 2 is 1.66 bits per heavy atom. The molecule has 148 valence electrons. The van der Waals surface area contributed by atoms with Gasteiger partial charge in [-0.1, -0.05) is 0 Å². The number of nitriles is 1. The zero-order chi connectivity index (χ0) is 20.8. The molecular weight excluding hydrogens is 375 g/mol. The molecule has 0 radical (unpaired) electrons. The molecule has 29 heavy (non-hydrogen) atoms. The summed E-state index contributed by atoms with van der Waals surface area (Å²) in [6.45, 7) is 2.59. The molecule has 1 amide bonds. The first-order chi connectivity index (χ1) is 14.0. The van der Waals surface area contributed by atoms with Crippen LogP contribution in [0.4, 0.5) is 15.8 Å². The summed E-state index contributed by atoms with van der Waals surface area (Å²) in [5.74, 6) is -1.89. The van der Waals surface area contributed by atoms with Crippen molar-refractivity contribution in [3.05, 3.63) is 71.7 Å². The van der Waals surface area contributed by atoms with Gasteiger partial charge in [-0.25, -0.2) is 9.18 Å². The molecule has 1 heterocycles. The van der Waals surface area contributed by atoms with Crippen LogP contribution in [0, 0.1) is 17.1 Å². The molecule has 0 aliphatic carbocycles. The number of aromatic carboxylic acids is 1. The molecule has 0 bridgehead atoms. The van der Waals surface area contributed by atoms with Crippen LogP contribution in [0.2, 0.25) is 0 Å². The quantitative estimate of drug-likeness (QED) is 0.598. The lowest BCUT2D eigenvalue weighted by Gasteiger charge is -2.35. The minimum Gasteiger partial charge on any atom is -0.478 e. The number of carbonyl (C=O) groups excluding carboxylic acids is 1. The van der Waals surface area contributed by atoms with Crippen LogP contribution in [0.3, 0.4) is 0 Å². The van der Waals surface area contributed by atoms with Gasteiger partial charge in [0.2, 0.25) is 0 Å². The van der Waals surface area contributed by atoms with Crippen molar-refractivity contribution < 1.29 is 19.1 Å². The highest BCUT2D eigenvalue weighted by Gasteiger charge is 2.18. The molecular formula is C21H19FN4O3. The van der Waals surface area contributed by atoms with E-state index in [0.717, 1.165) is 5.69 Å². The molecule has 1 fully saturated rings. The maximum absolute atomic E-state index is 13.1. The summed E-state index contributed by atoms with van der Waals surface area (Å²) in [6.07, 6.45) is 1.53. The second-order valence-electron chi connectivity index (χ2n) is 6.49. The third-order valence-electron chi connectivity index (χ3n) is 4.57. The van der Waals surface area contributed by atoms with Crippen molar-refractivity contribution in [3.8, 4) is 6.07 Å². The molecule has 2 aromatic rings. The maximum Gasteiger partial charge on any atom is 0.335 e. The molecule has 0 saturated carbocycles. The van der Waals surface area contributed by atoms with E-state index < -0.39 is 11.9 Å². The number of hydrogen-bond donors (Lipinski definition) is 2. The van der Waals surface area contributed by atoms with Crippen molar-refractivity contribution in [2.75, 3.05) is 36.4 Å². The first kappa shape index (κ1) is 19.9. The van der Waals surface area contributed by atoms with Gasteiger partial charge >= 0.3 is 5.97 Å². The number of amides is 1. The second-order valence-corrected chi connectivity index (χ2v) is 6.49. The van der Waals surface area contributed by atoms with E-state index in [9.17, 15) is 19.2 Å². The highest BCUT2D eigenvalue weighted by Crippen LogP contribution is 2.18. The molecule has 0 aromatic heterocycles. The second kappa shape index (κ2) is 8.89. The Balaban J connectivity index is 1.59. The number of carboxylic acid groups (broad SMARTS) is 1. The lowest BCUT2D eigenvalue weighted by molar-refractivity contribution is -0.112. The molecule has 0 spiro atoms. The van der Waals surface area contributed by atoms with Gasteiger partial charge in [-0.05, 0) is 48.5 Å². The van der Waals surface area contributed by atoms with Crippen molar-refractivity contribution >= 4 is 23.3 Å². The van der Waals surface area contributed by atoms with Crippen LogP contribution in [0.5, 0.6) is 0 Å². The fourth-order valence-corrected chi connectivity index (χ4v) is 2.98. The zero-order valence-electron chi connectivity index (χ0n) is 15.5. The molecule has 2 aromatic carbocycles. The van der Waals surface area contributed by atoms with Gasteiger partial charge in [0, 0.05) is 43.8 Å². The first-order valence-corrected chi connectivity index (χ1v) is 8.97. The van der Waals surface area contributed by atoms with Gasteiger partial charge in [0.25, 0.3) is 5.91 Å². The standard InChI is InChI=1S/C21H19FN4O3/c22-17-3-7-19(8-4-17)26-11-9-25(10-12-26)14-16(13-23)20(27)24-18-5-1-15(2-6-18)21(28)29/h1-8,14H,9-12H2,(H,24,27)(H,28,29)/b16-14-. The smallest absolute Gasteiger partial charge is 0.335 e. The predicted molar refractivity (Wildman–Crippen MR) is 106 cm³/mol. The zero-order valence-corrected chi connectivity index (χ0v) is 15.5. The number of benzene rings is 2. The lowest BCUT2D eigenvalue weighted by atomic mass is 10.2. The van der Waals surface area contributed by atoms with Gasteiger partial charge in [0.1, 0.15) is 17.5 Å². The van der Waals surface area contributed by atoms with Gasteiger partial charge in [-0.2, -0.15) is 5.26 Å². The highest BCUT2D eigenvalue weighted by atomic mass is 19.1. The number of carboxylic acids is 1. The van der Waals surface area contributed by atoms with Gasteiger partial charge in [-0.3, -0.25) is 4.79 Å². The highest BCUT2D eigenvalue weighted by molar-refractivity contribution is 6.06. The van der Waals surface area contributed by atoms with Gasteiger partial charge in [0.05, 0.1) is 5.56 Å². The first-order valence-electron chi connectivity index (χ1n) is 8.97. The number of anilines is 2. The molecule has 1 saturated heterocycles. The fourth-order valence-electron chi connectivity index (χ4n) is 2.98. The molecule has 8 heteroatoms. The van der Waals surface area contributed by atoms with Gasteiger partial charge in [0.15, 0.2) is 0 Å². The van der Waals surface area contributed by atoms with E-state index in [1.165, 1.54) is 42.6 Å². The fraction of sp³-hybridized carbons (Fsp3) is 0.190. The van der Waals surface area contributed by atoms with Crippen molar-refractivity contribution in [2.24, 2.45) is 0 Å². The van der Waals surface area contributed by atoms with E-state index in [2.05, 4.69) is 10.2 Å². The average Bonchev–Trinajstić information content (AvgIpc) is 2.73. The maximum atomic E-state index is 13.1. The Morgan fingerprint density at radius 1 is 1.03 bits per heavy atom. The number of halogens is 1. The van der Waals surface area contributed by atoms with Crippen LogP contribution in [0.1, 0.15) is 10.4 Å². The van der Waals surface area contributed by atoms with Crippen LogP contribution in [0.25, 0.3) is 0 Å². The predicted octanol–water partition coefficient (Wildman–Crippen LogP) is 2.69. The van der Waals surface area contributed by atoms with Gasteiger partial charge < -0.3 is 20.2 Å². The molecule has 0 atom stereocenters. The normalized spacial score (nSPS) is 14.3. The summed E-state index contributed by atoms with van der Waals surface area (Å²) >= 11 is 0. The van der Waals surface area contributed by atoms with E-state index in [4.69, 9.17) is 5.11 Å². The Morgan fingerprint density at radius 3 is 2.21 bits per heavy atom. The molecule has 3 rings (SSSR count). The molecule has 2 N–H and O–H groups in total. The molecule has 0 unspecified atom stereocenters. The van der Waals surface area contributed by atoms with Crippen LogP contribution in [-0.2, 0) is 4.79 Å². The SMILES string of the molecule is N#C/C(=C/N1CCN(c2ccc(F)cc2)CC1)C(=O)Nc1ccc(C(=O)O)cc1. The Bertz CT molecular complexity index is 957. The Labute approximate surface area is 167 Å². The van der Waals surface area contributed by atoms with Gasteiger partial charge in [-0.15, -0.1) is 0 Å². The third-order valence-corrected chi connectivity index (χ3v) is 4.57. The number of nitrogens with one attached hydrogen (secondary N) is 1. The van der Waals surface area contributed by atoms with E-state index >= 15 is 0 Å². The number of carbonyl (C=O) groups is 2. The summed E-state index contributed by atoms with van der Waals surface area (Å²) in [4.78, 5) is 27.2. The average molecular weight is 394 g/mol. The Kier molecular flexibility index (Phi) is 6.09. The largest absolute Gasteiger partial charge is 0.478 e. The van der Waals surface area contributed by atoms with Crippen molar-refractivity contribution in [1.82, 2.24) is 4.90 Å². The summed E-state index contributed by atoms with van der Waals surface area (Å²) in [7, 11) is 0. The van der Waals surface area contributed by atoms with Crippen LogP contribution in [-0.4, -0.2) is 48.1 Å². The summed E-state index contributed by atoms with van der Waals surface area (Å²) in [6, 6.07) is 13.9. The minimum atomic E-state index is -1.06. The summed E-state index contributed by atoms with van der Waals surface area (Å²) < 4.78 is 13.1. The number of piperazine rings is 1. The van der Waals surface area contributed by atoms with Crippen molar-refractivity contribution in [2.45, 2.75) is 0 Å². The minimum absolute atomic E-state index is 0.0393. The third kappa shape index (κ3) is 5.11. The van der Waals surface area contributed by atoms with E-state index in [-0.39, 0.29) is 17.0 Å². The molecule has 1 aliphatic rings. The molecule has 7 nitrogen and oxygen atoms in total. The topological polar surface area (TPSA) is 96.7 Å². The number of hydrogen-bond acceptors (Lipinski definition) is 5. The van der Waals surface area contributed by atoms with Crippen LogP contribution < -0.4 is 10.2 Å². The van der Waals surface area contributed by atoms with E-state index in [1.807, 2.05) is 11.0 Å². The van der Waals surface area contributed by atoms with Crippen molar-refractivity contribution in [3.63, 3.8) is 0 Å². The summed E-state index contributed by atoms with van der Waals surface area (Å²) in [5, 5.41) is 20.8. The summed E-state index contributed by atoms with van der Waals surface area (Å²) in [5.41, 5.74) is 1.40. The lowest BCUT2D eigenvalue weighted by Crippen LogP contribution is -2.44. The van der Waals surface area contributed by atoms with Crippen LogP contribution >= 0.6 is 0 Å². The van der Waals surface area contributed by atoms with Crippen LogP contribution in [0.15, 0.2) is 60.3 Å². The molecule has 1 aliphatic heterocycles. The Hall–Kier alpha value is -3.86. The van der Waals surface area contributed by atoms with E-state index in [1.54, 1.807) is 12.1 Å².